The molecule has 0 aliphatic rings. The van der Waals surface area contributed by atoms with Gasteiger partial charge in [-0.3, -0.25) is 4.79 Å². The Morgan fingerprint density at radius 3 is 3.00 bits per heavy atom. The number of aromatic nitrogens is 5. The highest BCUT2D eigenvalue weighted by Crippen LogP contribution is 2.17. The first-order valence-corrected chi connectivity index (χ1v) is 5.13. The Morgan fingerprint density at radius 2 is 2.38 bits per heavy atom. The molecular weight excluding hydrogens is 276 g/mol. The summed E-state index contributed by atoms with van der Waals surface area (Å²) < 4.78 is 0.880. The first-order chi connectivity index (χ1) is 7.66. The highest BCUT2D eigenvalue weighted by atomic mass is 79.9. The molecule has 16 heavy (non-hydrogen) atoms. The van der Waals surface area contributed by atoms with Gasteiger partial charge in [0.2, 0.25) is 0 Å². The second kappa shape index (κ2) is 4.35. The highest BCUT2D eigenvalue weighted by molar-refractivity contribution is 9.10. The number of aromatic amines is 1. The first kappa shape index (κ1) is 10.7. The van der Waals surface area contributed by atoms with Crippen molar-refractivity contribution < 1.29 is 4.79 Å². The number of hydrogen-bond donors (Lipinski definition) is 2. The predicted molar refractivity (Wildman–Crippen MR) is 58.8 cm³/mol. The van der Waals surface area contributed by atoms with Crippen LogP contribution in [0.2, 0.25) is 0 Å². The SMILES string of the molecule is Cc1cc(NC(=O)c2nn[nH]n2)ncc1Br. The van der Waals surface area contributed by atoms with E-state index in [1.165, 1.54) is 0 Å². The molecule has 7 nitrogen and oxygen atoms in total. The van der Waals surface area contributed by atoms with Crippen LogP contribution in [0.15, 0.2) is 16.7 Å². The van der Waals surface area contributed by atoms with Gasteiger partial charge in [-0.2, -0.15) is 5.21 Å². The smallest absolute Gasteiger partial charge is 0.298 e. The van der Waals surface area contributed by atoms with Crippen molar-refractivity contribution in [2.24, 2.45) is 0 Å². The highest BCUT2D eigenvalue weighted by Gasteiger charge is 2.11. The third-order valence-corrected chi connectivity index (χ3v) is 2.67. The zero-order valence-electron chi connectivity index (χ0n) is 8.23. The quantitative estimate of drug-likeness (QED) is 0.854. The maximum absolute atomic E-state index is 11.5. The number of anilines is 1. The molecule has 0 spiro atoms. The van der Waals surface area contributed by atoms with Gasteiger partial charge in [-0.1, -0.05) is 0 Å². The van der Waals surface area contributed by atoms with E-state index in [0.717, 1.165) is 10.0 Å². The van der Waals surface area contributed by atoms with Crippen LogP contribution >= 0.6 is 15.9 Å². The normalized spacial score (nSPS) is 10.1. The maximum atomic E-state index is 11.5. The molecule has 0 aromatic carbocycles. The number of rotatable bonds is 2. The number of amides is 1. The van der Waals surface area contributed by atoms with Crippen molar-refractivity contribution in [2.75, 3.05) is 5.32 Å². The lowest BCUT2D eigenvalue weighted by atomic mass is 10.3. The largest absolute Gasteiger partial charge is 0.304 e. The van der Waals surface area contributed by atoms with Crippen molar-refractivity contribution in [3.8, 4) is 0 Å². The van der Waals surface area contributed by atoms with Crippen LogP contribution in [-0.4, -0.2) is 31.5 Å². The van der Waals surface area contributed by atoms with Crippen LogP contribution in [0.3, 0.4) is 0 Å². The Labute approximate surface area is 98.8 Å². The number of H-pyrrole nitrogens is 1. The maximum Gasteiger partial charge on any atom is 0.298 e. The van der Waals surface area contributed by atoms with Gasteiger partial charge in [0.15, 0.2) is 0 Å². The van der Waals surface area contributed by atoms with E-state index in [0.29, 0.717) is 5.82 Å². The van der Waals surface area contributed by atoms with Crippen LogP contribution in [0.5, 0.6) is 0 Å². The second-order valence-electron chi connectivity index (χ2n) is 3.01. The summed E-state index contributed by atoms with van der Waals surface area (Å²) in [5.74, 6) is -0.0409. The monoisotopic (exact) mass is 282 g/mol. The molecule has 2 aromatic heterocycles. The van der Waals surface area contributed by atoms with Crippen molar-refractivity contribution in [1.29, 1.82) is 0 Å². The average molecular weight is 283 g/mol. The van der Waals surface area contributed by atoms with Crippen molar-refractivity contribution in [3.05, 3.63) is 28.1 Å². The summed E-state index contributed by atoms with van der Waals surface area (Å²) >= 11 is 3.32. The summed E-state index contributed by atoms with van der Waals surface area (Å²) in [5, 5.41) is 15.2. The fourth-order valence-corrected chi connectivity index (χ4v) is 1.25. The van der Waals surface area contributed by atoms with Crippen LogP contribution in [0.4, 0.5) is 5.82 Å². The number of tetrazole rings is 1. The molecule has 0 radical (unpaired) electrons. The van der Waals surface area contributed by atoms with E-state index in [1.54, 1.807) is 12.3 Å². The van der Waals surface area contributed by atoms with E-state index < -0.39 is 5.91 Å². The lowest BCUT2D eigenvalue weighted by Gasteiger charge is -2.03. The lowest BCUT2D eigenvalue weighted by molar-refractivity contribution is 0.101. The number of pyridine rings is 1. The molecule has 8 heteroatoms. The fraction of sp³-hybridized carbons (Fsp3) is 0.125. The van der Waals surface area contributed by atoms with Gasteiger partial charge < -0.3 is 5.32 Å². The van der Waals surface area contributed by atoms with Crippen LogP contribution < -0.4 is 5.32 Å². The van der Waals surface area contributed by atoms with Gasteiger partial charge >= 0.3 is 0 Å². The molecule has 0 unspecified atom stereocenters. The third kappa shape index (κ3) is 2.22. The average Bonchev–Trinajstić information content (AvgIpc) is 2.77. The summed E-state index contributed by atoms with van der Waals surface area (Å²) in [6.07, 6.45) is 1.61. The van der Waals surface area contributed by atoms with E-state index >= 15 is 0 Å². The predicted octanol–water partition coefficient (Wildman–Crippen LogP) is 0.918. The summed E-state index contributed by atoms with van der Waals surface area (Å²) in [7, 11) is 0. The third-order valence-electron chi connectivity index (χ3n) is 1.84. The topological polar surface area (TPSA) is 96.5 Å². The molecule has 2 rings (SSSR count). The molecule has 2 heterocycles. The Morgan fingerprint density at radius 1 is 1.56 bits per heavy atom. The van der Waals surface area contributed by atoms with Gasteiger partial charge in [0.05, 0.1) is 0 Å². The zero-order chi connectivity index (χ0) is 11.5. The second-order valence-corrected chi connectivity index (χ2v) is 3.86. The van der Waals surface area contributed by atoms with Gasteiger partial charge in [-0.15, -0.1) is 10.2 Å². The molecule has 1 amide bonds. The Hall–Kier alpha value is -1.83. The summed E-state index contributed by atoms with van der Waals surface area (Å²) in [4.78, 5) is 15.5. The minimum Gasteiger partial charge on any atom is -0.304 e. The lowest BCUT2D eigenvalue weighted by Crippen LogP contribution is -2.14. The molecular formula is C8H7BrN6O. The molecule has 0 fully saturated rings. The number of carbonyl (C=O) groups is 1. The van der Waals surface area contributed by atoms with Gasteiger partial charge in [0.1, 0.15) is 5.82 Å². The number of nitrogens with one attached hydrogen (secondary N) is 2. The molecule has 0 aliphatic carbocycles. The van der Waals surface area contributed by atoms with Crippen LogP contribution in [0.1, 0.15) is 16.2 Å². The number of halogens is 1. The molecule has 82 valence electrons. The Bertz CT molecular complexity index is 511. The standard InChI is InChI=1S/C8H7BrN6O/c1-4-2-6(10-3-5(4)9)11-8(16)7-12-14-15-13-7/h2-3H,1H3,(H,10,11,16)(H,12,13,14,15). The molecule has 0 aliphatic heterocycles. The van der Waals surface area contributed by atoms with Crippen LogP contribution in [0.25, 0.3) is 0 Å². The van der Waals surface area contributed by atoms with E-state index in [2.05, 4.69) is 46.9 Å². The first-order valence-electron chi connectivity index (χ1n) is 4.34. The number of carbonyl (C=O) groups excluding carboxylic acids is 1. The van der Waals surface area contributed by atoms with Gasteiger partial charge in [-0.25, -0.2) is 4.98 Å². The molecule has 0 atom stereocenters. The van der Waals surface area contributed by atoms with E-state index in [9.17, 15) is 4.79 Å². The molecule has 2 N–H and O–H groups in total. The number of nitrogens with zero attached hydrogens (tertiary/aromatic N) is 4. The molecule has 0 saturated heterocycles. The van der Waals surface area contributed by atoms with Gasteiger partial charge in [-0.05, 0) is 39.7 Å². The van der Waals surface area contributed by atoms with Crippen LogP contribution in [0, 0.1) is 6.92 Å². The fourth-order valence-electron chi connectivity index (χ4n) is 1.04. The Kier molecular flexibility index (Phi) is 2.91. The van der Waals surface area contributed by atoms with Crippen molar-refractivity contribution in [3.63, 3.8) is 0 Å². The summed E-state index contributed by atoms with van der Waals surface area (Å²) in [5.41, 5.74) is 0.971. The van der Waals surface area contributed by atoms with E-state index in [1.807, 2.05) is 6.92 Å². The van der Waals surface area contributed by atoms with Crippen LogP contribution in [-0.2, 0) is 0 Å². The van der Waals surface area contributed by atoms with Crippen molar-refractivity contribution >= 4 is 27.7 Å². The molecule has 2 aromatic rings. The summed E-state index contributed by atoms with van der Waals surface area (Å²) in [6.45, 7) is 1.90. The minimum absolute atomic E-state index is 0.0256. The van der Waals surface area contributed by atoms with E-state index in [-0.39, 0.29) is 5.82 Å². The van der Waals surface area contributed by atoms with E-state index in [4.69, 9.17) is 0 Å². The molecule has 0 bridgehead atoms. The molecule has 0 saturated carbocycles. The zero-order valence-corrected chi connectivity index (χ0v) is 9.82. The number of aryl methyl sites for hydroxylation is 1. The van der Waals surface area contributed by atoms with Gasteiger partial charge in [0, 0.05) is 10.7 Å². The summed E-state index contributed by atoms with van der Waals surface area (Å²) in [6, 6.07) is 1.74. The van der Waals surface area contributed by atoms with Crippen molar-refractivity contribution in [2.45, 2.75) is 6.92 Å². The number of hydrogen-bond acceptors (Lipinski definition) is 5. The Balaban J connectivity index is 2.15. The van der Waals surface area contributed by atoms with Crippen molar-refractivity contribution in [1.82, 2.24) is 25.6 Å². The van der Waals surface area contributed by atoms with Gasteiger partial charge in [0.25, 0.3) is 11.7 Å². The minimum atomic E-state index is -0.456.